The summed E-state index contributed by atoms with van der Waals surface area (Å²) in [5, 5.41) is 0.256. The predicted molar refractivity (Wildman–Crippen MR) is 77.6 cm³/mol. The van der Waals surface area contributed by atoms with Crippen LogP contribution in [0.1, 0.15) is 30.1 Å². The molecule has 2 heterocycles. The third-order valence-electron chi connectivity index (χ3n) is 3.35. The number of carbonyl (C=O) groups is 1. The lowest BCUT2D eigenvalue weighted by Gasteiger charge is -2.28. The Labute approximate surface area is 123 Å². The van der Waals surface area contributed by atoms with Gasteiger partial charge in [0.05, 0.1) is 11.5 Å². The maximum absolute atomic E-state index is 12.5. The van der Waals surface area contributed by atoms with E-state index in [0.717, 1.165) is 6.42 Å². The Kier molecular flexibility index (Phi) is 4.65. The van der Waals surface area contributed by atoms with Crippen LogP contribution in [0.4, 0.5) is 0 Å². The highest BCUT2D eigenvalue weighted by molar-refractivity contribution is 7.91. The van der Waals surface area contributed by atoms with E-state index in [1.165, 1.54) is 12.3 Å². The van der Waals surface area contributed by atoms with Crippen molar-refractivity contribution < 1.29 is 13.2 Å². The molecule has 0 spiro atoms. The smallest absolute Gasteiger partial charge is 0.254 e. The minimum Gasteiger partial charge on any atom is -0.335 e. The molecule has 1 unspecified atom stereocenters. The Morgan fingerprint density at radius 1 is 1.55 bits per heavy atom. The molecule has 1 atom stereocenters. The molecule has 2 rings (SSSR count). The van der Waals surface area contributed by atoms with Crippen molar-refractivity contribution in [1.29, 1.82) is 0 Å². The van der Waals surface area contributed by atoms with Crippen LogP contribution >= 0.6 is 11.6 Å². The standard InChI is InChI=1S/C13H17ClN2O3S/c1-2-6-16(11-4-7-20(18,19)9-11)13(17)10-3-5-15-12(14)8-10/h3,5,8,11H,2,4,6-7,9H2,1H3. The number of amides is 1. The molecule has 0 aliphatic carbocycles. The molecule has 0 bridgehead atoms. The van der Waals surface area contributed by atoms with Gasteiger partial charge in [0.25, 0.3) is 5.91 Å². The molecule has 110 valence electrons. The molecule has 1 saturated heterocycles. The van der Waals surface area contributed by atoms with Gasteiger partial charge in [-0.1, -0.05) is 18.5 Å². The maximum atomic E-state index is 12.5. The number of hydrogen-bond acceptors (Lipinski definition) is 4. The topological polar surface area (TPSA) is 67.3 Å². The van der Waals surface area contributed by atoms with Gasteiger partial charge in [0.2, 0.25) is 0 Å². The maximum Gasteiger partial charge on any atom is 0.254 e. The van der Waals surface area contributed by atoms with Gasteiger partial charge in [-0.05, 0) is 25.0 Å². The van der Waals surface area contributed by atoms with Gasteiger partial charge in [0, 0.05) is 24.3 Å². The van der Waals surface area contributed by atoms with Crippen LogP contribution in [0, 0.1) is 0 Å². The second-order valence-corrected chi connectivity index (χ2v) is 7.54. The number of hydrogen-bond donors (Lipinski definition) is 0. The van der Waals surface area contributed by atoms with Crippen LogP contribution in [0.5, 0.6) is 0 Å². The van der Waals surface area contributed by atoms with Crippen molar-refractivity contribution in [3.8, 4) is 0 Å². The van der Waals surface area contributed by atoms with Gasteiger partial charge in [-0.3, -0.25) is 4.79 Å². The van der Waals surface area contributed by atoms with Crippen LogP contribution in [0.25, 0.3) is 0 Å². The number of sulfone groups is 1. The van der Waals surface area contributed by atoms with Gasteiger partial charge < -0.3 is 4.90 Å². The minimum atomic E-state index is -3.01. The van der Waals surface area contributed by atoms with E-state index in [1.54, 1.807) is 11.0 Å². The third kappa shape index (κ3) is 3.49. The molecule has 1 fully saturated rings. The zero-order chi connectivity index (χ0) is 14.8. The van der Waals surface area contributed by atoms with E-state index in [4.69, 9.17) is 11.6 Å². The van der Waals surface area contributed by atoms with Crippen molar-refractivity contribution in [2.45, 2.75) is 25.8 Å². The van der Waals surface area contributed by atoms with E-state index in [0.29, 0.717) is 18.5 Å². The minimum absolute atomic E-state index is 0.0531. The number of nitrogens with zero attached hydrogens (tertiary/aromatic N) is 2. The molecular weight excluding hydrogens is 300 g/mol. The zero-order valence-electron chi connectivity index (χ0n) is 11.3. The third-order valence-corrected chi connectivity index (χ3v) is 5.31. The van der Waals surface area contributed by atoms with Gasteiger partial charge in [0.1, 0.15) is 5.15 Å². The highest BCUT2D eigenvalue weighted by Gasteiger charge is 2.34. The lowest BCUT2D eigenvalue weighted by atomic mass is 10.1. The molecule has 5 nitrogen and oxygen atoms in total. The van der Waals surface area contributed by atoms with Crippen molar-refractivity contribution in [2.24, 2.45) is 0 Å². The first-order chi connectivity index (χ1) is 9.43. The van der Waals surface area contributed by atoms with E-state index in [-0.39, 0.29) is 28.6 Å². The summed E-state index contributed by atoms with van der Waals surface area (Å²) in [4.78, 5) is 18.0. The highest BCUT2D eigenvalue weighted by Crippen LogP contribution is 2.21. The number of pyridine rings is 1. The largest absolute Gasteiger partial charge is 0.335 e. The van der Waals surface area contributed by atoms with Crippen molar-refractivity contribution in [3.63, 3.8) is 0 Å². The Balaban J connectivity index is 2.22. The molecule has 7 heteroatoms. The van der Waals surface area contributed by atoms with E-state index in [9.17, 15) is 13.2 Å². The van der Waals surface area contributed by atoms with Crippen LogP contribution in [0.3, 0.4) is 0 Å². The summed E-state index contributed by atoms with van der Waals surface area (Å²) in [6.45, 7) is 2.50. The van der Waals surface area contributed by atoms with E-state index in [1.807, 2.05) is 6.92 Å². The van der Waals surface area contributed by atoms with Crippen LogP contribution < -0.4 is 0 Å². The summed E-state index contributed by atoms with van der Waals surface area (Å²) < 4.78 is 23.2. The lowest BCUT2D eigenvalue weighted by molar-refractivity contribution is 0.0697. The first kappa shape index (κ1) is 15.3. The molecule has 1 aliphatic rings. The van der Waals surface area contributed by atoms with Gasteiger partial charge in [-0.25, -0.2) is 13.4 Å². The fourth-order valence-corrected chi connectivity index (χ4v) is 4.32. The van der Waals surface area contributed by atoms with Crippen molar-refractivity contribution >= 4 is 27.3 Å². The second-order valence-electron chi connectivity index (χ2n) is 4.92. The molecule has 1 aliphatic heterocycles. The van der Waals surface area contributed by atoms with Gasteiger partial charge in [0.15, 0.2) is 9.84 Å². The second kappa shape index (κ2) is 6.10. The quantitative estimate of drug-likeness (QED) is 0.794. The van der Waals surface area contributed by atoms with Crippen LogP contribution in [-0.4, -0.2) is 48.3 Å². The first-order valence-electron chi connectivity index (χ1n) is 6.56. The van der Waals surface area contributed by atoms with E-state index in [2.05, 4.69) is 4.98 Å². The van der Waals surface area contributed by atoms with E-state index >= 15 is 0 Å². The molecule has 1 amide bonds. The molecule has 0 radical (unpaired) electrons. The molecule has 1 aromatic rings. The Hall–Kier alpha value is -1.14. The molecule has 20 heavy (non-hydrogen) atoms. The zero-order valence-corrected chi connectivity index (χ0v) is 12.8. The molecular formula is C13H17ClN2O3S. The van der Waals surface area contributed by atoms with Crippen LogP contribution in [-0.2, 0) is 9.84 Å². The summed E-state index contributed by atoms with van der Waals surface area (Å²) >= 11 is 5.80. The van der Waals surface area contributed by atoms with Gasteiger partial charge in [-0.15, -0.1) is 0 Å². The van der Waals surface area contributed by atoms with E-state index < -0.39 is 9.84 Å². The predicted octanol–water partition coefficient (Wildman–Crippen LogP) is 1.77. The van der Waals surface area contributed by atoms with Crippen molar-refractivity contribution in [1.82, 2.24) is 9.88 Å². The molecule has 0 aromatic carbocycles. The lowest BCUT2D eigenvalue weighted by Crippen LogP contribution is -2.41. The first-order valence-corrected chi connectivity index (χ1v) is 8.76. The van der Waals surface area contributed by atoms with Crippen LogP contribution in [0.15, 0.2) is 18.3 Å². The summed E-state index contributed by atoms with van der Waals surface area (Å²) in [5.74, 6) is 0.0260. The Morgan fingerprint density at radius 3 is 2.85 bits per heavy atom. The summed E-state index contributed by atoms with van der Waals surface area (Å²) in [7, 11) is -3.01. The van der Waals surface area contributed by atoms with Crippen LogP contribution in [0.2, 0.25) is 5.15 Å². The average Bonchev–Trinajstić information content (AvgIpc) is 2.75. The molecule has 0 N–H and O–H groups in total. The Morgan fingerprint density at radius 2 is 2.30 bits per heavy atom. The summed E-state index contributed by atoms with van der Waals surface area (Å²) in [6.07, 6.45) is 2.76. The SMILES string of the molecule is CCCN(C(=O)c1ccnc(Cl)c1)C1CCS(=O)(=O)C1. The highest BCUT2D eigenvalue weighted by atomic mass is 35.5. The fourth-order valence-electron chi connectivity index (χ4n) is 2.41. The number of rotatable bonds is 4. The van der Waals surface area contributed by atoms with Crippen molar-refractivity contribution in [2.75, 3.05) is 18.1 Å². The van der Waals surface area contributed by atoms with Gasteiger partial charge in [-0.2, -0.15) is 0 Å². The number of carbonyl (C=O) groups excluding carboxylic acids is 1. The summed E-state index contributed by atoms with van der Waals surface area (Å²) in [5.41, 5.74) is 0.447. The Bertz CT molecular complexity index is 603. The summed E-state index contributed by atoms with van der Waals surface area (Å²) in [6, 6.07) is 2.87. The normalized spacial score (nSPS) is 20.8. The van der Waals surface area contributed by atoms with Crippen molar-refractivity contribution in [3.05, 3.63) is 29.0 Å². The number of halogens is 1. The molecule has 1 aromatic heterocycles. The fraction of sp³-hybridized carbons (Fsp3) is 0.538. The average molecular weight is 317 g/mol. The van der Waals surface area contributed by atoms with Gasteiger partial charge >= 0.3 is 0 Å². The number of aromatic nitrogens is 1. The molecule has 0 saturated carbocycles. The monoisotopic (exact) mass is 316 g/mol.